The molecule has 1 aromatic rings. The smallest absolute Gasteiger partial charge is 0.233 e. The second-order valence-electron chi connectivity index (χ2n) is 3.86. The van der Waals surface area contributed by atoms with E-state index in [4.69, 9.17) is 10.4 Å². The van der Waals surface area contributed by atoms with Gasteiger partial charge >= 0.3 is 0 Å². The number of nitrogens with one attached hydrogen (secondary N) is 1. The Morgan fingerprint density at radius 1 is 1.41 bits per heavy atom. The third-order valence-electron chi connectivity index (χ3n) is 2.10. The number of nitrogens with zero attached hydrogens (tertiary/aromatic N) is 1. The van der Waals surface area contributed by atoms with E-state index < -0.39 is 10.0 Å². The number of rotatable bonds is 5. The predicted octanol–water partition coefficient (Wildman–Crippen LogP) is 0.928. The molecule has 0 spiro atoms. The molecule has 1 aromatic carbocycles. The van der Waals surface area contributed by atoms with Crippen LogP contribution in [-0.2, 0) is 10.0 Å². The van der Waals surface area contributed by atoms with Crippen molar-refractivity contribution in [2.75, 3.05) is 17.1 Å². The number of sulfonamides is 1. The van der Waals surface area contributed by atoms with Crippen LogP contribution in [0.3, 0.4) is 0 Å². The number of hydrogen-bond acceptors (Lipinski definition) is 4. The highest BCUT2D eigenvalue weighted by Crippen LogP contribution is 2.12. The van der Waals surface area contributed by atoms with Gasteiger partial charge in [-0.2, -0.15) is 5.26 Å². The molecule has 0 radical (unpaired) electrons. The van der Waals surface area contributed by atoms with Crippen LogP contribution in [0.4, 0.5) is 5.69 Å². The molecule has 1 unspecified atom stereocenters. The van der Waals surface area contributed by atoms with Gasteiger partial charge in [0.1, 0.15) is 0 Å². The molecule has 6 heteroatoms. The quantitative estimate of drug-likeness (QED) is 0.817. The van der Waals surface area contributed by atoms with E-state index >= 15 is 0 Å². The number of aliphatic hydroxyl groups is 1. The van der Waals surface area contributed by atoms with Crippen LogP contribution in [0.2, 0.25) is 0 Å². The fourth-order valence-electron chi connectivity index (χ4n) is 1.26. The Bertz CT molecular complexity index is 503. The van der Waals surface area contributed by atoms with Crippen molar-refractivity contribution in [3.63, 3.8) is 0 Å². The third-order valence-corrected chi connectivity index (χ3v) is 3.66. The van der Waals surface area contributed by atoms with Gasteiger partial charge in [0.15, 0.2) is 0 Å². The highest BCUT2D eigenvalue weighted by Gasteiger charge is 2.14. The Morgan fingerprint density at radius 2 is 2.00 bits per heavy atom. The summed E-state index contributed by atoms with van der Waals surface area (Å²) in [6.45, 7) is 1.48. The van der Waals surface area contributed by atoms with Crippen LogP contribution in [0.25, 0.3) is 0 Å². The minimum absolute atomic E-state index is 0.135. The van der Waals surface area contributed by atoms with E-state index in [0.717, 1.165) is 0 Å². The first-order valence-corrected chi connectivity index (χ1v) is 6.73. The first-order valence-electron chi connectivity index (χ1n) is 5.08. The molecule has 0 saturated carbocycles. The van der Waals surface area contributed by atoms with Crippen LogP contribution in [0.1, 0.15) is 12.5 Å². The summed E-state index contributed by atoms with van der Waals surface area (Å²) in [5.41, 5.74) is 0.880. The van der Waals surface area contributed by atoms with E-state index in [-0.39, 0.29) is 18.3 Å². The lowest BCUT2D eigenvalue weighted by molar-refractivity contribution is 0.249. The summed E-state index contributed by atoms with van der Waals surface area (Å²) in [6, 6.07) is 8.07. The number of hydrogen-bond donors (Lipinski definition) is 2. The van der Waals surface area contributed by atoms with Crippen LogP contribution >= 0.6 is 0 Å². The topological polar surface area (TPSA) is 90.2 Å². The molecule has 1 atom stereocenters. The zero-order valence-corrected chi connectivity index (χ0v) is 10.2. The molecular weight excluding hydrogens is 240 g/mol. The summed E-state index contributed by atoms with van der Waals surface area (Å²) < 4.78 is 25.7. The van der Waals surface area contributed by atoms with E-state index in [9.17, 15) is 8.42 Å². The summed E-state index contributed by atoms with van der Waals surface area (Å²) in [5, 5.41) is 17.4. The summed E-state index contributed by atoms with van der Waals surface area (Å²) in [5.74, 6) is -0.449. The van der Waals surface area contributed by atoms with Crippen LogP contribution in [0.15, 0.2) is 24.3 Å². The van der Waals surface area contributed by atoms with Crippen molar-refractivity contribution < 1.29 is 13.5 Å². The highest BCUT2D eigenvalue weighted by atomic mass is 32.2. The SMILES string of the molecule is CC(CO)CS(=O)(=O)Nc1ccc(C#N)cc1. The lowest BCUT2D eigenvalue weighted by atomic mass is 10.2. The Kier molecular flexibility index (Phi) is 4.49. The van der Waals surface area contributed by atoms with Crippen molar-refractivity contribution >= 4 is 15.7 Å². The number of benzene rings is 1. The Morgan fingerprint density at radius 3 is 2.47 bits per heavy atom. The van der Waals surface area contributed by atoms with Gasteiger partial charge in [-0.25, -0.2) is 8.42 Å². The average molecular weight is 254 g/mol. The molecule has 0 aliphatic carbocycles. The average Bonchev–Trinajstić information content (AvgIpc) is 2.28. The fraction of sp³-hybridized carbons (Fsp3) is 0.364. The van der Waals surface area contributed by atoms with Crippen molar-refractivity contribution in [2.45, 2.75) is 6.92 Å². The van der Waals surface area contributed by atoms with E-state index in [2.05, 4.69) is 4.72 Å². The summed E-state index contributed by atoms with van der Waals surface area (Å²) >= 11 is 0. The second-order valence-corrected chi connectivity index (χ2v) is 5.63. The first-order chi connectivity index (χ1) is 7.96. The van der Waals surface area contributed by atoms with Crippen LogP contribution in [0, 0.1) is 17.2 Å². The second kappa shape index (κ2) is 5.66. The molecule has 5 nitrogen and oxygen atoms in total. The van der Waals surface area contributed by atoms with Gasteiger partial charge < -0.3 is 5.11 Å². The summed E-state index contributed by atoms with van der Waals surface area (Å²) in [4.78, 5) is 0. The standard InChI is InChI=1S/C11H14N2O3S/c1-9(7-14)8-17(15,16)13-11-4-2-10(6-12)3-5-11/h2-5,9,13-14H,7-8H2,1H3. The molecule has 0 fully saturated rings. The molecule has 2 N–H and O–H groups in total. The van der Waals surface area contributed by atoms with Crippen LogP contribution in [-0.4, -0.2) is 25.9 Å². The zero-order valence-electron chi connectivity index (χ0n) is 9.42. The lowest BCUT2D eigenvalue weighted by Gasteiger charge is -2.11. The Balaban J connectivity index is 2.73. The Labute approximate surface area is 101 Å². The van der Waals surface area contributed by atoms with Crippen molar-refractivity contribution in [3.8, 4) is 6.07 Å². The van der Waals surface area contributed by atoms with E-state index in [1.165, 1.54) is 24.3 Å². The number of aliphatic hydroxyl groups excluding tert-OH is 1. The highest BCUT2D eigenvalue weighted by molar-refractivity contribution is 7.92. The molecule has 17 heavy (non-hydrogen) atoms. The molecular formula is C11H14N2O3S. The van der Waals surface area contributed by atoms with Gasteiger partial charge in [0.25, 0.3) is 0 Å². The molecule has 0 bridgehead atoms. The molecule has 0 saturated heterocycles. The minimum Gasteiger partial charge on any atom is -0.396 e. The monoisotopic (exact) mass is 254 g/mol. The van der Waals surface area contributed by atoms with E-state index in [0.29, 0.717) is 11.3 Å². The molecule has 0 amide bonds. The zero-order chi connectivity index (χ0) is 12.9. The van der Waals surface area contributed by atoms with Crippen LogP contribution in [0.5, 0.6) is 0 Å². The maximum atomic E-state index is 11.6. The van der Waals surface area contributed by atoms with Crippen LogP contribution < -0.4 is 4.72 Å². The van der Waals surface area contributed by atoms with E-state index in [1.54, 1.807) is 6.92 Å². The van der Waals surface area contributed by atoms with Gasteiger partial charge in [-0.1, -0.05) is 6.92 Å². The Hall–Kier alpha value is -1.58. The molecule has 0 heterocycles. The van der Waals surface area contributed by atoms with Crippen molar-refractivity contribution in [1.29, 1.82) is 5.26 Å². The van der Waals surface area contributed by atoms with Gasteiger partial charge in [0, 0.05) is 12.3 Å². The largest absolute Gasteiger partial charge is 0.396 e. The van der Waals surface area contributed by atoms with Gasteiger partial charge in [-0.3, -0.25) is 4.72 Å². The molecule has 92 valence electrons. The molecule has 0 aromatic heterocycles. The minimum atomic E-state index is -3.46. The third kappa shape index (κ3) is 4.43. The number of nitriles is 1. The van der Waals surface area contributed by atoms with Gasteiger partial charge in [-0.05, 0) is 30.2 Å². The molecule has 0 aliphatic heterocycles. The maximum absolute atomic E-state index is 11.6. The lowest BCUT2D eigenvalue weighted by Crippen LogP contribution is -2.23. The van der Waals surface area contributed by atoms with E-state index in [1.807, 2.05) is 6.07 Å². The van der Waals surface area contributed by atoms with Crippen molar-refractivity contribution in [1.82, 2.24) is 0 Å². The molecule has 1 rings (SSSR count). The van der Waals surface area contributed by atoms with Gasteiger partial charge in [0.05, 0.1) is 17.4 Å². The normalized spacial score (nSPS) is 12.8. The summed E-state index contributed by atoms with van der Waals surface area (Å²) in [7, 11) is -3.46. The summed E-state index contributed by atoms with van der Waals surface area (Å²) in [6.07, 6.45) is 0. The van der Waals surface area contributed by atoms with Gasteiger partial charge in [0.2, 0.25) is 10.0 Å². The maximum Gasteiger partial charge on any atom is 0.233 e. The van der Waals surface area contributed by atoms with Crippen molar-refractivity contribution in [2.24, 2.45) is 5.92 Å². The van der Waals surface area contributed by atoms with Gasteiger partial charge in [-0.15, -0.1) is 0 Å². The number of anilines is 1. The molecule has 0 aliphatic rings. The first kappa shape index (κ1) is 13.5. The van der Waals surface area contributed by atoms with Crippen molar-refractivity contribution in [3.05, 3.63) is 29.8 Å². The predicted molar refractivity (Wildman–Crippen MR) is 64.8 cm³/mol. The fourth-order valence-corrected chi connectivity index (χ4v) is 2.69.